The molecule has 2 rings (SSSR count). The maximum atomic E-state index is 11.9. The third kappa shape index (κ3) is 5.01. The highest BCUT2D eigenvalue weighted by molar-refractivity contribution is 5.96. The molecule has 0 aliphatic carbocycles. The summed E-state index contributed by atoms with van der Waals surface area (Å²) in [5, 5.41) is 5.35. The predicted molar refractivity (Wildman–Crippen MR) is 84.5 cm³/mol. The zero-order valence-electron chi connectivity index (χ0n) is 12.5. The number of benzene rings is 1. The summed E-state index contributed by atoms with van der Waals surface area (Å²) in [6.07, 6.45) is 2.39. The van der Waals surface area contributed by atoms with Crippen molar-refractivity contribution < 1.29 is 9.59 Å². The average molecular weight is 297 g/mol. The minimum atomic E-state index is -0.250. The Morgan fingerprint density at radius 3 is 2.50 bits per heavy atom. The van der Waals surface area contributed by atoms with E-state index >= 15 is 0 Å². The molecule has 2 N–H and O–H groups in total. The van der Waals surface area contributed by atoms with Gasteiger partial charge in [0.25, 0.3) is 5.91 Å². The summed E-state index contributed by atoms with van der Waals surface area (Å²) in [6, 6.07) is 12.9. The van der Waals surface area contributed by atoms with Crippen LogP contribution in [0.5, 0.6) is 0 Å². The van der Waals surface area contributed by atoms with E-state index in [-0.39, 0.29) is 18.4 Å². The normalized spacial score (nSPS) is 10.0. The van der Waals surface area contributed by atoms with Gasteiger partial charge in [0, 0.05) is 30.4 Å². The largest absolute Gasteiger partial charge is 0.354 e. The second-order valence-corrected chi connectivity index (χ2v) is 4.97. The topological polar surface area (TPSA) is 71.1 Å². The van der Waals surface area contributed by atoms with E-state index in [9.17, 15) is 9.59 Å². The monoisotopic (exact) mass is 297 g/mol. The van der Waals surface area contributed by atoms with Crippen LogP contribution in [0, 0.1) is 6.92 Å². The predicted octanol–water partition coefficient (Wildman–Crippen LogP) is 1.48. The Morgan fingerprint density at radius 1 is 1.05 bits per heavy atom. The van der Waals surface area contributed by atoms with Crippen molar-refractivity contribution in [2.45, 2.75) is 13.3 Å². The summed E-state index contributed by atoms with van der Waals surface area (Å²) in [4.78, 5) is 27.7. The van der Waals surface area contributed by atoms with E-state index in [4.69, 9.17) is 0 Å². The number of carbonyl (C=O) groups is 2. The summed E-state index contributed by atoms with van der Waals surface area (Å²) < 4.78 is 0. The van der Waals surface area contributed by atoms with Gasteiger partial charge in [0.15, 0.2) is 0 Å². The van der Waals surface area contributed by atoms with Crippen LogP contribution < -0.4 is 10.6 Å². The number of nitrogens with one attached hydrogen (secondary N) is 2. The first-order valence-corrected chi connectivity index (χ1v) is 7.16. The van der Waals surface area contributed by atoms with E-state index in [0.717, 1.165) is 11.3 Å². The zero-order chi connectivity index (χ0) is 15.8. The van der Waals surface area contributed by atoms with E-state index in [1.807, 2.05) is 37.3 Å². The Kier molecular flexibility index (Phi) is 5.65. The van der Waals surface area contributed by atoms with Gasteiger partial charge in [0.1, 0.15) is 0 Å². The van der Waals surface area contributed by atoms with Gasteiger partial charge < -0.3 is 10.6 Å². The van der Waals surface area contributed by atoms with Crippen molar-refractivity contribution in [2.24, 2.45) is 0 Å². The van der Waals surface area contributed by atoms with Crippen molar-refractivity contribution in [1.29, 1.82) is 0 Å². The number of aromatic nitrogens is 1. The van der Waals surface area contributed by atoms with Gasteiger partial charge in [0.2, 0.25) is 5.91 Å². The van der Waals surface area contributed by atoms with E-state index in [0.29, 0.717) is 18.5 Å². The molecule has 0 saturated carbocycles. The molecular formula is C17H19N3O2. The Labute approximate surface area is 129 Å². The first-order valence-electron chi connectivity index (χ1n) is 7.16. The first kappa shape index (κ1) is 15.7. The van der Waals surface area contributed by atoms with E-state index in [1.165, 1.54) is 0 Å². The van der Waals surface area contributed by atoms with Crippen LogP contribution in [0.4, 0.5) is 0 Å². The van der Waals surface area contributed by atoms with Crippen molar-refractivity contribution in [1.82, 2.24) is 15.6 Å². The van der Waals surface area contributed by atoms with Crippen molar-refractivity contribution in [2.75, 3.05) is 13.1 Å². The lowest BCUT2D eigenvalue weighted by Crippen LogP contribution is -2.37. The van der Waals surface area contributed by atoms with Gasteiger partial charge in [-0.25, -0.2) is 0 Å². The molecule has 0 atom stereocenters. The molecule has 0 spiro atoms. The smallest absolute Gasteiger partial charge is 0.251 e. The van der Waals surface area contributed by atoms with Gasteiger partial charge in [-0.05, 0) is 31.2 Å². The molecule has 1 aromatic carbocycles. The van der Waals surface area contributed by atoms with Gasteiger partial charge in [-0.2, -0.15) is 0 Å². The molecule has 0 unspecified atom stereocenters. The van der Waals surface area contributed by atoms with E-state index < -0.39 is 0 Å². The quantitative estimate of drug-likeness (QED) is 0.848. The van der Waals surface area contributed by atoms with E-state index in [1.54, 1.807) is 18.3 Å². The maximum absolute atomic E-state index is 11.9. The second kappa shape index (κ2) is 7.93. The molecule has 5 heteroatoms. The molecule has 1 aromatic heterocycles. The molecule has 2 amide bonds. The Bertz CT molecular complexity index is 624. The molecule has 1 heterocycles. The highest BCUT2D eigenvalue weighted by atomic mass is 16.2. The number of rotatable bonds is 6. The Morgan fingerprint density at radius 2 is 1.82 bits per heavy atom. The molecule has 22 heavy (non-hydrogen) atoms. The Hall–Kier alpha value is -2.69. The minimum Gasteiger partial charge on any atom is -0.354 e. The molecule has 0 saturated heterocycles. The van der Waals surface area contributed by atoms with Crippen LogP contribution in [0.1, 0.15) is 21.6 Å². The molecule has 5 nitrogen and oxygen atoms in total. The van der Waals surface area contributed by atoms with Crippen LogP contribution in [-0.4, -0.2) is 29.9 Å². The number of hydrogen-bond acceptors (Lipinski definition) is 3. The van der Waals surface area contributed by atoms with Gasteiger partial charge >= 0.3 is 0 Å². The fourth-order valence-corrected chi connectivity index (χ4v) is 1.91. The van der Waals surface area contributed by atoms with Crippen molar-refractivity contribution >= 4 is 11.8 Å². The van der Waals surface area contributed by atoms with Crippen LogP contribution in [0.2, 0.25) is 0 Å². The third-order valence-corrected chi connectivity index (χ3v) is 3.15. The summed E-state index contributed by atoms with van der Waals surface area (Å²) in [5.74, 6) is -0.462. The molecule has 0 fully saturated rings. The zero-order valence-corrected chi connectivity index (χ0v) is 12.5. The van der Waals surface area contributed by atoms with Crippen LogP contribution in [0.15, 0.2) is 48.7 Å². The third-order valence-electron chi connectivity index (χ3n) is 3.15. The summed E-state index contributed by atoms with van der Waals surface area (Å²) in [7, 11) is 0. The number of aryl methyl sites for hydroxylation is 1. The molecule has 114 valence electrons. The second-order valence-electron chi connectivity index (χ2n) is 4.97. The summed E-state index contributed by atoms with van der Waals surface area (Å²) in [6.45, 7) is 2.42. The molecule has 0 aliphatic rings. The minimum absolute atomic E-state index is 0.0328. The fourth-order valence-electron chi connectivity index (χ4n) is 1.91. The maximum Gasteiger partial charge on any atom is 0.251 e. The number of nitrogens with zero attached hydrogens (tertiary/aromatic N) is 1. The number of amides is 2. The average Bonchev–Trinajstić information content (AvgIpc) is 2.54. The van der Waals surface area contributed by atoms with Gasteiger partial charge in [-0.3, -0.25) is 14.6 Å². The van der Waals surface area contributed by atoms with Crippen LogP contribution >= 0.6 is 0 Å². The summed E-state index contributed by atoms with van der Waals surface area (Å²) >= 11 is 0. The van der Waals surface area contributed by atoms with Crippen LogP contribution in [-0.2, 0) is 11.2 Å². The highest BCUT2D eigenvalue weighted by Crippen LogP contribution is 2.02. The van der Waals surface area contributed by atoms with Crippen LogP contribution in [0.25, 0.3) is 0 Å². The fraction of sp³-hybridized carbons (Fsp3) is 0.235. The number of pyridine rings is 1. The highest BCUT2D eigenvalue weighted by Gasteiger charge is 2.07. The van der Waals surface area contributed by atoms with Gasteiger partial charge in [-0.1, -0.05) is 23.8 Å². The number of hydrogen-bond donors (Lipinski definition) is 2. The lowest BCUT2D eigenvalue weighted by atomic mass is 10.1. The standard InChI is InChI=1S/C17H19N3O2/c1-13-5-7-14(8-6-13)17(22)20-12-16(21)19-11-9-15-4-2-3-10-18-15/h2-8,10H,9,11-12H2,1H3,(H,19,21)(H,20,22). The van der Waals surface area contributed by atoms with Gasteiger partial charge in [-0.15, -0.1) is 0 Å². The molecule has 0 aliphatic heterocycles. The molecule has 0 bridgehead atoms. The summed E-state index contributed by atoms with van der Waals surface area (Å²) in [5.41, 5.74) is 2.56. The molecular weight excluding hydrogens is 278 g/mol. The SMILES string of the molecule is Cc1ccc(C(=O)NCC(=O)NCCc2ccccn2)cc1. The Balaban J connectivity index is 1.69. The molecule has 2 aromatic rings. The van der Waals surface area contributed by atoms with Crippen LogP contribution in [0.3, 0.4) is 0 Å². The van der Waals surface area contributed by atoms with Crippen molar-refractivity contribution in [3.8, 4) is 0 Å². The number of carbonyl (C=O) groups excluding carboxylic acids is 2. The van der Waals surface area contributed by atoms with Gasteiger partial charge in [0.05, 0.1) is 6.54 Å². The van der Waals surface area contributed by atoms with Crippen molar-refractivity contribution in [3.05, 3.63) is 65.5 Å². The van der Waals surface area contributed by atoms with Crippen molar-refractivity contribution in [3.63, 3.8) is 0 Å². The lowest BCUT2D eigenvalue weighted by Gasteiger charge is -2.07. The first-order chi connectivity index (χ1) is 10.6. The van der Waals surface area contributed by atoms with E-state index in [2.05, 4.69) is 15.6 Å². The molecule has 0 radical (unpaired) electrons. The lowest BCUT2D eigenvalue weighted by molar-refractivity contribution is -0.120.